The van der Waals surface area contributed by atoms with Gasteiger partial charge in [0.15, 0.2) is 16.7 Å². The van der Waals surface area contributed by atoms with Gasteiger partial charge in [-0.15, -0.1) is 0 Å². The van der Waals surface area contributed by atoms with E-state index in [9.17, 15) is 14.7 Å². The first-order valence-corrected chi connectivity index (χ1v) is 8.95. The van der Waals surface area contributed by atoms with Crippen LogP contribution in [0.15, 0.2) is 28.2 Å². The quantitative estimate of drug-likeness (QED) is 0.558. The number of thioether (sulfide) groups is 1. The molecule has 0 spiro atoms. The van der Waals surface area contributed by atoms with E-state index >= 15 is 0 Å². The van der Waals surface area contributed by atoms with Crippen molar-refractivity contribution in [2.45, 2.75) is 30.8 Å². The van der Waals surface area contributed by atoms with Crippen molar-refractivity contribution in [3.8, 4) is 11.5 Å². The van der Waals surface area contributed by atoms with Gasteiger partial charge < -0.3 is 20.1 Å². The number of aromatic amines is 1. The maximum Gasteiger partial charge on any atom is 0.257 e. The third-order valence-corrected chi connectivity index (χ3v) is 5.06. The van der Waals surface area contributed by atoms with E-state index in [4.69, 9.17) is 4.74 Å². The van der Waals surface area contributed by atoms with Gasteiger partial charge in [0.2, 0.25) is 5.91 Å². The number of fused-ring (bicyclic) bond motifs is 1. The minimum absolute atomic E-state index is 0.0351. The van der Waals surface area contributed by atoms with Crippen molar-refractivity contribution in [3.63, 3.8) is 0 Å². The molecular weight excluding hydrogens is 342 g/mol. The van der Waals surface area contributed by atoms with Crippen LogP contribution in [0.3, 0.4) is 0 Å². The smallest absolute Gasteiger partial charge is 0.257 e. The van der Waals surface area contributed by atoms with Crippen LogP contribution >= 0.6 is 11.8 Å². The number of rotatable bonds is 5. The fraction of sp³-hybridized carbons (Fsp3) is 0.353. The second kappa shape index (κ2) is 7.18. The standard InChI is InChI=1S/C17H19N3O4S/c1-3-6-25-17-19-15-14(16(23)20-17)10(8-13(22)18-15)9-4-5-12(24-2)11(21)7-9/h4-5,7,10,21H,3,6,8H2,1-2H3,(H2,18,19,20,22,23). The van der Waals surface area contributed by atoms with E-state index in [0.717, 1.165) is 12.2 Å². The van der Waals surface area contributed by atoms with Gasteiger partial charge in [0.25, 0.3) is 5.56 Å². The Morgan fingerprint density at radius 1 is 1.40 bits per heavy atom. The molecule has 1 aliphatic heterocycles. The second-order valence-corrected chi connectivity index (χ2v) is 6.80. The van der Waals surface area contributed by atoms with E-state index in [1.54, 1.807) is 12.1 Å². The number of nitrogens with zero attached hydrogens (tertiary/aromatic N) is 1. The topological polar surface area (TPSA) is 104 Å². The van der Waals surface area contributed by atoms with E-state index in [0.29, 0.717) is 27.9 Å². The number of phenols is 1. The zero-order chi connectivity index (χ0) is 18.0. The van der Waals surface area contributed by atoms with Gasteiger partial charge in [-0.2, -0.15) is 0 Å². The molecule has 1 aliphatic rings. The Balaban J connectivity index is 2.05. The minimum Gasteiger partial charge on any atom is -0.504 e. The molecule has 1 aromatic carbocycles. The Kier molecular flexibility index (Phi) is 4.98. The van der Waals surface area contributed by atoms with Crippen LogP contribution in [0.4, 0.5) is 5.82 Å². The fourth-order valence-corrected chi connectivity index (χ4v) is 3.54. The zero-order valence-electron chi connectivity index (χ0n) is 14.0. The summed E-state index contributed by atoms with van der Waals surface area (Å²) in [7, 11) is 1.46. The Morgan fingerprint density at radius 2 is 2.20 bits per heavy atom. The number of methoxy groups -OCH3 is 1. The van der Waals surface area contributed by atoms with Gasteiger partial charge in [0.1, 0.15) is 5.82 Å². The average molecular weight is 361 g/mol. The normalized spacial score (nSPS) is 16.2. The second-order valence-electron chi connectivity index (χ2n) is 5.72. The van der Waals surface area contributed by atoms with Gasteiger partial charge in [-0.25, -0.2) is 4.98 Å². The number of carbonyl (C=O) groups is 1. The Morgan fingerprint density at radius 3 is 2.88 bits per heavy atom. The molecule has 132 valence electrons. The lowest BCUT2D eigenvalue weighted by atomic mass is 9.86. The summed E-state index contributed by atoms with van der Waals surface area (Å²) in [5, 5.41) is 13.2. The average Bonchev–Trinajstić information content (AvgIpc) is 2.58. The van der Waals surface area contributed by atoms with Crippen LogP contribution in [0.1, 0.15) is 36.8 Å². The Hall–Kier alpha value is -2.48. The first-order chi connectivity index (χ1) is 12.0. The first-order valence-electron chi connectivity index (χ1n) is 7.97. The number of aromatic nitrogens is 2. The van der Waals surface area contributed by atoms with E-state index in [-0.39, 0.29) is 23.6 Å². The maximum absolute atomic E-state index is 12.6. The number of phenolic OH excluding ortho intramolecular Hbond substituents is 1. The largest absolute Gasteiger partial charge is 0.504 e. The van der Waals surface area contributed by atoms with E-state index in [1.165, 1.54) is 24.9 Å². The van der Waals surface area contributed by atoms with Crippen LogP contribution in [0.2, 0.25) is 0 Å². The molecule has 0 bridgehead atoms. The van der Waals surface area contributed by atoms with Crippen molar-refractivity contribution < 1.29 is 14.6 Å². The molecule has 1 amide bonds. The fourth-order valence-electron chi connectivity index (χ4n) is 2.83. The molecule has 7 nitrogen and oxygen atoms in total. The number of amides is 1. The highest BCUT2D eigenvalue weighted by atomic mass is 32.2. The molecule has 0 fully saturated rings. The van der Waals surface area contributed by atoms with Crippen LogP contribution in [0, 0.1) is 0 Å². The molecular formula is C17H19N3O4S. The van der Waals surface area contributed by atoms with Crippen molar-refractivity contribution in [2.24, 2.45) is 0 Å². The molecule has 0 radical (unpaired) electrons. The molecule has 25 heavy (non-hydrogen) atoms. The molecule has 3 N–H and O–H groups in total. The van der Waals surface area contributed by atoms with Crippen molar-refractivity contribution in [2.75, 3.05) is 18.2 Å². The number of benzene rings is 1. The number of nitrogens with one attached hydrogen (secondary N) is 2. The van der Waals surface area contributed by atoms with Crippen LogP contribution in [-0.4, -0.2) is 33.8 Å². The van der Waals surface area contributed by atoms with E-state index < -0.39 is 5.92 Å². The molecule has 2 aromatic rings. The van der Waals surface area contributed by atoms with Gasteiger partial charge in [0.05, 0.1) is 12.7 Å². The minimum atomic E-state index is -0.470. The summed E-state index contributed by atoms with van der Waals surface area (Å²) in [6.07, 6.45) is 1.07. The van der Waals surface area contributed by atoms with Gasteiger partial charge in [-0.1, -0.05) is 24.8 Å². The Bertz CT molecular complexity index is 865. The number of carbonyl (C=O) groups excluding carboxylic acids is 1. The molecule has 1 unspecified atom stereocenters. The third kappa shape index (κ3) is 3.48. The summed E-state index contributed by atoms with van der Waals surface area (Å²) >= 11 is 1.44. The number of hydrogen-bond donors (Lipinski definition) is 3. The summed E-state index contributed by atoms with van der Waals surface area (Å²) in [5.41, 5.74) is 0.796. The highest BCUT2D eigenvalue weighted by molar-refractivity contribution is 7.99. The molecule has 3 rings (SSSR count). The highest BCUT2D eigenvalue weighted by Crippen LogP contribution is 2.37. The van der Waals surface area contributed by atoms with E-state index in [2.05, 4.69) is 15.3 Å². The summed E-state index contributed by atoms with van der Waals surface area (Å²) in [4.78, 5) is 31.9. The SMILES string of the molecule is CCCSc1nc2c(c(=O)[nH]1)C(c1ccc(OC)c(O)c1)CC(=O)N2. The van der Waals surface area contributed by atoms with Crippen LogP contribution in [0.25, 0.3) is 0 Å². The number of ether oxygens (including phenoxy) is 1. The molecule has 1 atom stereocenters. The predicted molar refractivity (Wildman–Crippen MR) is 95.6 cm³/mol. The zero-order valence-corrected chi connectivity index (χ0v) is 14.8. The van der Waals surface area contributed by atoms with Crippen LogP contribution in [0.5, 0.6) is 11.5 Å². The molecule has 0 saturated heterocycles. The molecule has 0 saturated carbocycles. The van der Waals surface area contributed by atoms with Crippen molar-refractivity contribution in [1.82, 2.24) is 9.97 Å². The third-order valence-electron chi connectivity index (χ3n) is 3.98. The monoisotopic (exact) mass is 361 g/mol. The van der Waals surface area contributed by atoms with Gasteiger partial charge in [-0.05, 0) is 24.1 Å². The molecule has 8 heteroatoms. The van der Waals surface area contributed by atoms with Crippen LogP contribution in [-0.2, 0) is 4.79 Å². The van der Waals surface area contributed by atoms with Crippen molar-refractivity contribution in [3.05, 3.63) is 39.7 Å². The van der Waals surface area contributed by atoms with Gasteiger partial charge in [-0.3, -0.25) is 9.59 Å². The molecule has 2 heterocycles. The van der Waals surface area contributed by atoms with Crippen molar-refractivity contribution in [1.29, 1.82) is 0 Å². The van der Waals surface area contributed by atoms with Crippen molar-refractivity contribution >= 4 is 23.5 Å². The van der Waals surface area contributed by atoms with E-state index in [1.807, 2.05) is 6.92 Å². The number of aromatic hydroxyl groups is 1. The van der Waals surface area contributed by atoms with Gasteiger partial charge >= 0.3 is 0 Å². The van der Waals surface area contributed by atoms with Crippen LogP contribution < -0.4 is 15.6 Å². The lowest BCUT2D eigenvalue weighted by Gasteiger charge is -2.24. The summed E-state index contributed by atoms with van der Waals surface area (Å²) in [6, 6.07) is 4.87. The number of hydrogen-bond acceptors (Lipinski definition) is 6. The molecule has 1 aromatic heterocycles. The lowest BCUT2D eigenvalue weighted by Crippen LogP contribution is -2.31. The molecule has 0 aliphatic carbocycles. The summed E-state index contributed by atoms with van der Waals surface area (Å²) in [6.45, 7) is 2.04. The Labute approximate surface area is 148 Å². The lowest BCUT2D eigenvalue weighted by molar-refractivity contribution is -0.116. The first kappa shape index (κ1) is 17.3. The van der Waals surface area contributed by atoms with Gasteiger partial charge in [0, 0.05) is 18.1 Å². The number of H-pyrrole nitrogens is 1. The summed E-state index contributed by atoms with van der Waals surface area (Å²) < 4.78 is 5.04. The predicted octanol–water partition coefficient (Wildman–Crippen LogP) is 2.46. The number of anilines is 1. The maximum atomic E-state index is 12.6. The highest BCUT2D eigenvalue weighted by Gasteiger charge is 2.31. The summed E-state index contributed by atoms with van der Waals surface area (Å²) in [5.74, 6) is 0.735.